The number of fused-ring (bicyclic) bond motifs is 3. The Balaban J connectivity index is 2.01. The van der Waals surface area contributed by atoms with Crippen LogP contribution in [0.1, 0.15) is 43.9 Å². The van der Waals surface area contributed by atoms with E-state index in [1.165, 1.54) is 17.5 Å². The zero-order chi connectivity index (χ0) is 15.0. The van der Waals surface area contributed by atoms with Crippen molar-refractivity contribution in [3.63, 3.8) is 0 Å². The molecule has 3 nitrogen and oxygen atoms in total. The maximum Gasteiger partial charge on any atom is 0.161 e. The van der Waals surface area contributed by atoms with Gasteiger partial charge in [0.1, 0.15) is 0 Å². The molecular weight excluding hydrogens is 262 g/mol. The number of rotatable bonds is 3. The molecule has 0 radical (unpaired) electrons. The van der Waals surface area contributed by atoms with Gasteiger partial charge in [0, 0.05) is 19.1 Å². The molecule has 3 heteroatoms. The summed E-state index contributed by atoms with van der Waals surface area (Å²) in [5.74, 6) is 1.70. The maximum atomic E-state index is 5.50. The molecule has 2 heterocycles. The molecule has 1 atom stereocenters. The molecule has 0 spiro atoms. The molecule has 0 aliphatic carbocycles. The van der Waals surface area contributed by atoms with Gasteiger partial charge in [-0.1, -0.05) is 18.1 Å². The van der Waals surface area contributed by atoms with E-state index in [0.717, 1.165) is 37.4 Å². The van der Waals surface area contributed by atoms with E-state index in [9.17, 15) is 0 Å². The molecule has 0 N–H and O–H groups in total. The Morgan fingerprint density at radius 3 is 2.57 bits per heavy atom. The van der Waals surface area contributed by atoms with Crippen LogP contribution in [0, 0.1) is 0 Å². The molecule has 1 aromatic rings. The predicted octanol–water partition coefficient (Wildman–Crippen LogP) is 3.73. The van der Waals surface area contributed by atoms with Crippen LogP contribution in [0.25, 0.3) is 0 Å². The lowest BCUT2D eigenvalue weighted by Gasteiger charge is -2.42. The molecule has 0 saturated carbocycles. The van der Waals surface area contributed by atoms with Gasteiger partial charge in [0.2, 0.25) is 0 Å². The Labute approximate surface area is 127 Å². The highest BCUT2D eigenvalue weighted by Crippen LogP contribution is 2.43. The summed E-state index contributed by atoms with van der Waals surface area (Å²) in [7, 11) is 3.42. The van der Waals surface area contributed by atoms with Crippen LogP contribution in [0.3, 0.4) is 0 Å². The van der Waals surface area contributed by atoms with Gasteiger partial charge in [0.15, 0.2) is 11.5 Å². The van der Waals surface area contributed by atoms with Crippen molar-refractivity contribution in [1.82, 2.24) is 4.90 Å². The van der Waals surface area contributed by atoms with Crippen LogP contribution >= 0.6 is 0 Å². The first-order chi connectivity index (χ1) is 10.2. The minimum absolute atomic E-state index is 0.504. The van der Waals surface area contributed by atoms with Crippen molar-refractivity contribution in [2.75, 3.05) is 27.3 Å². The fourth-order valence-electron chi connectivity index (χ4n) is 3.74. The maximum absolute atomic E-state index is 5.50. The highest BCUT2D eigenvalue weighted by atomic mass is 16.5. The topological polar surface area (TPSA) is 21.7 Å². The summed E-state index contributed by atoms with van der Waals surface area (Å²) in [4.78, 5) is 2.63. The lowest BCUT2D eigenvalue weighted by molar-refractivity contribution is 0.184. The summed E-state index contributed by atoms with van der Waals surface area (Å²) in [6.07, 6.45) is 3.42. The predicted molar refractivity (Wildman–Crippen MR) is 85.2 cm³/mol. The minimum Gasteiger partial charge on any atom is -0.493 e. The SMILES string of the molecule is CCC1=C(C)C[C@@H]2c3cc(OC)c(OC)cc3CCN2C1. The zero-order valence-electron chi connectivity index (χ0n) is 13.5. The van der Waals surface area contributed by atoms with Gasteiger partial charge in [-0.15, -0.1) is 0 Å². The largest absolute Gasteiger partial charge is 0.493 e. The molecule has 0 bridgehead atoms. The van der Waals surface area contributed by atoms with E-state index in [0.29, 0.717) is 6.04 Å². The van der Waals surface area contributed by atoms with Gasteiger partial charge in [0.25, 0.3) is 0 Å². The van der Waals surface area contributed by atoms with E-state index >= 15 is 0 Å². The lowest BCUT2D eigenvalue weighted by Crippen LogP contribution is -2.39. The summed E-state index contributed by atoms with van der Waals surface area (Å²) in [5, 5.41) is 0. The van der Waals surface area contributed by atoms with Crippen molar-refractivity contribution in [2.45, 2.75) is 39.2 Å². The highest BCUT2D eigenvalue weighted by Gasteiger charge is 2.32. The summed E-state index contributed by atoms with van der Waals surface area (Å²) in [6.45, 7) is 6.83. The number of hydrogen-bond acceptors (Lipinski definition) is 3. The molecular formula is C18H25NO2. The van der Waals surface area contributed by atoms with Gasteiger partial charge >= 0.3 is 0 Å². The molecule has 0 unspecified atom stereocenters. The molecule has 3 rings (SSSR count). The number of benzene rings is 1. The fourth-order valence-corrected chi connectivity index (χ4v) is 3.74. The Morgan fingerprint density at radius 1 is 1.19 bits per heavy atom. The van der Waals surface area contributed by atoms with Crippen LogP contribution in [-0.4, -0.2) is 32.2 Å². The molecule has 114 valence electrons. The van der Waals surface area contributed by atoms with Crippen molar-refractivity contribution >= 4 is 0 Å². The van der Waals surface area contributed by atoms with Crippen molar-refractivity contribution < 1.29 is 9.47 Å². The van der Waals surface area contributed by atoms with E-state index in [1.54, 1.807) is 25.4 Å². The molecule has 2 aliphatic heterocycles. The van der Waals surface area contributed by atoms with Crippen LogP contribution in [0.5, 0.6) is 11.5 Å². The van der Waals surface area contributed by atoms with Crippen LogP contribution in [0.4, 0.5) is 0 Å². The smallest absolute Gasteiger partial charge is 0.161 e. The minimum atomic E-state index is 0.504. The third-order valence-corrected chi connectivity index (χ3v) is 5.04. The standard InChI is InChI=1S/C18H25NO2/c1-5-13-11-19-7-6-14-9-17(20-3)18(21-4)10-15(14)16(19)8-12(13)2/h9-10,16H,5-8,11H2,1-4H3/t16-/m1/s1. The van der Waals surface area contributed by atoms with Crippen molar-refractivity contribution in [3.8, 4) is 11.5 Å². The van der Waals surface area contributed by atoms with E-state index in [4.69, 9.17) is 9.47 Å². The third-order valence-electron chi connectivity index (χ3n) is 5.04. The summed E-state index contributed by atoms with van der Waals surface area (Å²) < 4.78 is 10.9. The second-order valence-electron chi connectivity index (χ2n) is 6.08. The summed E-state index contributed by atoms with van der Waals surface area (Å²) in [6, 6.07) is 4.86. The molecule has 21 heavy (non-hydrogen) atoms. The molecule has 0 amide bonds. The van der Waals surface area contributed by atoms with Gasteiger partial charge in [-0.05, 0) is 49.4 Å². The molecule has 2 aliphatic rings. The fraction of sp³-hybridized carbons (Fsp3) is 0.556. The third kappa shape index (κ3) is 2.44. The second kappa shape index (κ2) is 5.72. The van der Waals surface area contributed by atoms with E-state index in [1.807, 2.05) is 0 Å². The quantitative estimate of drug-likeness (QED) is 0.791. The van der Waals surface area contributed by atoms with Crippen LogP contribution in [0.2, 0.25) is 0 Å². The Hall–Kier alpha value is -1.48. The molecule has 0 fully saturated rings. The summed E-state index contributed by atoms with van der Waals surface area (Å²) in [5.41, 5.74) is 6.03. The Morgan fingerprint density at radius 2 is 1.90 bits per heavy atom. The van der Waals surface area contributed by atoms with Crippen molar-refractivity contribution in [2.24, 2.45) is 0 Å². The van der Waals surface area contributed by atoms with E-state index in [2.05, 4.69) is 30.9 Å². The first-order valence-electron chi connectivity index (χ1n) is 7.84. The van der Waals surface area contributed by atoms with Gasteiger partial charge in [-0.25, -0.2) is 0 Å². The number of ether oxygens (including phenoxy) is 2. The van der Waals surface area contributed by atoms with Gasteiger partial charge in [-0.2, -0.15) is 0 Å². The lowest BCUT2D eigenvalue weighted by atomic mass is 9.84. The highest BCUT2D eigenvalue weighted by molar-refractivity contribution is 5.50. The van der Waals surface area contributed by atoms with Crippen LogP contribution in [-0.2, 0) is 6.42 Å². The average molecular weight is 287 g/mol. The van der Waals surface area contributed by atoms with Crippen LogP contribution < -0.4 is 9.47 Å². The average Bonchev–Trinajstić information content (AvgIpc) is 2.52. The van der Waals surface area contributed by atoms with E-state index in [-0.39, 0.29) is 0 Å². The molecule has 1 aromatic carbocycles. The summed E-state index contributed by atoms with van der Waals surface area (Å²) >= 11 is 0. The van der Waals surface area contributed by atoms with Crippen molar-refractivity contribution in [1.29, 1.82) is 0 Å². The molecule has 0 saturated heterocycles. The van der Waals surface area contributed by atoms with E-state index < -0.39 is 0 Å². The van der Waals surface area contributed by atoms with Gasteiger partial charge in [0.05, 0.1) is 14.2 Å². The van der Waals surface area contributed by atoms with Gasteiger partial charge in [-0.3, -0.25) is 4.90 Å². The monoisotopic (exact) mass is 287 g/mol. The zero-order valence-corrected chi connectivity index (χ0v) is 13.5. The first kappa shape index (κ1) is 14.5. The Bertz CT molecular complexity index is 577. The Kier molecular flexibility index (Phi) is 3.94. The number of methoxy groups -OCH3 is 2. The van der Waals surface area contributed by atoms with Crippen LogP contribution in [0.15, 0.2) is 23.3 Å². The normalized spacial score (nSPS) is 21.8. The second-order valence-corrected chi connectivity index (χ2v) is 6.08. The number of nitrogens with zero attached hydrogens (tertiary/aromatic N) is 1. The molecule has 0 aromatic heterocycles. The first-order valence-corrected chi connectivity index (χ1v) is 7.84. The van der Waals surface area contributed by atoms with Gasteiger partial charge < -0.3 is 9.47 Å². The van der Waals surface area contributed by atoms with Crippen molar-refractivity contribution in [3.05, 3.63) is 34.4 Å². The number of hydrogen-bond donors (Lipinski definition) is 0.